The maximum atomic E-state index is 10.9. The van der Waals surface area contributed by atoms with Gasteiger partial charge in [-0.15, -0.1) is 11.8 Å². The van der Waals surface area contributed by atoms with Gasteiger partial charge in [-0.2, -0.15) is 0 Å². The van der Waals surface area contributed by atoms with E-state index in [0.717, 1.165) is 5.56 Å². The molecule has 0 fully saturated rings. The highest BCUT2D eigenvalue weighted by atomic mass is 16.4. The Morgan fingerprint density at radius 3 is 2.71 bits per heavy atom. The lowest BCUT2D eigenvalue weighted by molar-refractivity contribution is -0.141. The Kier molecular flexibility index (Phi) is 5.60. The number of carboxylic acid groups (broad SMARTS) is 1. The van der Waals surface area contributed by atoms with Crippen LogP contribution in [0.1, 0.15) is 25.3 Å². The molecule has 0 amide bonds. The fourth-order valence-corrected chi connectivity index (χ4v) is 1.43. The van der Waals surface area contributed by atoms with Gasteiger partial charge in [0.25, 0.3) is 0 Å². The van der Waals surface area contributed by atoms with Crippen molar-refractivity contribution in [2.75, 3.05) is 0 Å². The molecule has 2 nitrogen and oxygen atoms in total. The summed E-state index contributed by atoms with van der Waals surface area (Å²) in [6, 6.07) is 9.83. The van der Waals surface area contributed by atoms with Gasteiger partial charge >= 0.3 is 5.97 Å². The van der Waals surface area contributed by atoms with E-state index in [2.05, 4.69) is 11.8 Å². The van der Waals surface area contributed by atoms with Crippen LogP contribution in [0.2, 0.25) is 0 Å². The summed E-state index contributed by atoms with van der Waals surface area (Å²) < 4.78 is 0. The largest absolute Gasteiger partial charge is 0.481 e. The molecule has 0 aliphatic heterocycles. The van der Waals surface area contributed by atoms with Crippen molar-refractivity contribution in [3.63, 3.8) is 0 Å². The van der Waals surface area contributed by atoms with Crippen molar-refractivity contribution in [1.29, 1.82) is 0 Å². The summed E-state index contributed by atoms with van der Waals surface area (Å²) in [6.07, 6.45) is 4.75. The van der Waals surface area contributed by atoms with E-state index in [9.17, 15) is 4.79 Å². The molecule has 88 valence electrons. The summed E-state index contributed by atoms with van der Waals surface area (Å²) in [5.74, 6) is 4.34. The number of aliphatic carboxylic acids is 1. The number of allylic oxidation sites excluding steroid dienone is 1. The molecular formula is C15H16O2. The smallest absolute Gasteiger partial charge is 0.307 e. The van der Waals surface area contributed by atoms with E-state index in [4.69, 9.17) is 5.11 Å². The van der Waals surface area contributed by atoms with Crippen LogP contribution in [0.3, 0.4) is 0 Å². The van der Waals surface area contributed by atoms with Gasteiger partial charge in [0.15, 0.2) is 0 Å². The van der Waals surface area contributed by atoms with E-state index in [1.807, 2.05) is 42.5 Å². The van der Waals surface area contributed by atoms with Gasteiger partial charge in [-0.25, -0.2) is 0 Å². The molecule has 0 aromatic heterocycles. The van der Waals surface area contributed by atoms with Gasteiger partial charge < -0.3 is 5.11 Å². The fraction of sp³-hybridized carbons (Fsp3) is 0.267. The van der Waals surface area contributed by atoms with E-state index in [1.54, 1.807) is 6.92 Å². The molecule has 0 bridgehead atoms. The molecule has 2 heteroatoms. The average molecular weight is 228 g/mol. The zero-order valence-corrected chi connectivity index (χ0v) is 9.89. The Hall–Kier alpha value is -2.01. The highest BCUT2D eigenvalue weighted by Crippen LogP contribution is 2.11. The maximum Gasteiger partial charge on any atom is 0.307 e. The highest BCUT2D eigenvalue weighted by molar-refractivity contribution is 5.70. The molecule has 0 aliphatic carbocycles. The molecule has 0 aliphatic rings. The summed E-state index contributed by atoms with van der Waals surface area (Å²) in [5.41, 5.74) is 1.08. The van der Waals surface area contributed by atoms with Crippen LogP contribution >= 0.6 is 0 Å². The van der Waals surface area contributed by atoms with E-state index in [1.165, 1.54) is 0 Å². The number of carbonyl (C=O) groups is 1. The first-order valence-corrected chi connectivity index (χ1v) is 5.58. The second kappa shape index (κ2) is 7.29. The first-order valence-electron chi connectivity index (χ1n) is 5.58. The first-order chi connectivity index (χ1) is 8.24. The van der Waals surface area contributed by atoms with Gasteiger partial charge in [0.1, 0.15) is 0 Å². The molecule has 0 saturated carbocycles. The van der Waals surface area contributed by atoms with Gasteiger partial charge in [0.2, 0.25) is 0 Å². The molecule has 1 rings (SSSR count). The van der Waals surface area contributed by atoms with Crippen molar-refractivity contribution in [3.8, 4) is 11.8 Å². The van der Waals surface area contributed by atoms with Crippen LogP contribution in [0.5, 0.6) is 0 Å². The zero-order chi connectivity index (χ0) is 12.5. The number of hydrogen-bond donors (Lipinski definition) is 1. The van der Waals surface area contributed by atoms with Gasteiger partial charge in [-0.05, 0) is 18.9 Å². The Morgan fingerprint density at radius 1 is 1.41 bits per heavy atom. The molecule has 1 aromatic carbocycles. The molecule has 0 saturated heterocycles. The fourth-order valence-electron chi connectivity index (χ4n) is 1.43. The van der Waals surface area contributed by atoms with Crippen LogP contribution in [0.4, 0.5) is 0 Å². The minimum absolute atomic E-state index is 0.408. The Morgan fingerprint density at radius 2 is 2.12 bits per heavy atom. The zero-order valence-electron chi connectivity index (χ0n) is 9.89. The lowest BCUT2D eigenvalue weighted by atomic mass is 10.0. The van der Waals surface area contributed by atoms with E-state index in [0.29, 0.717) is 12.8 Å². The quantitative estimate of drug-likeness (QED) is 0.786. The first kappa shape index (κ1) is 13.1. The number of hydrogen-bond acceptors (Lipinski definition) is 1. The molecule has 17 heavy (non-hydrogen) atoms. The van der Waals surface area contributed by atoms with Gasteiger partial charge in [-0.1, -0.05) is 42.5 Å². The van der Waals surface area contributed by atoms with Crippen LogP contribution in [0.25, 0.3) is 6.08 Å². The van der Waals surface area contributed by atoms with Gasteiger partial charge in [0.05, 0.1) is 5.92 Å². The molecule has 1 atom stereocenters. The molecule has 0 unspecified atom stereocenters. The predicted octanol–water partition coefficient (Wildman–Crippen LogP) is 3.20. The summed E-state index contributed by atoms with van der Waals surface area (Å²) in [7, 11) is 0. The summed E-state index contributed by atoms with van der Waals surface area (Å²) in [6.45, 7) is 1.72. The van der Waals surface area contributed by atoms with Crippen molar-refractivity contribution in [1.82, 2.24) is 0 Å². The van der Waals surface area contributed by atoms with Gasteiger partial charge in [0, 0.05) is 6.42 Å². The second-order valence-corrected chi connectivity index (χ2v) is 3.71. The van der Waals surface area contributed by atoms with Crippen molar-refractivity contribution in [3.05, 3.63) is 42.0 Å². The SMILES string of the molecule is CC#CC[C@@H](C/C=C/c1ccccc1)C(=O)O. The van der Waals surface area contributed by atoms with Crippen LogP contribution in [-0.2, 0) is 4.79 Å². The number of rotatable bonds is 5. The lowest BCUT2D eigenvalue weighted by Crippen LogP contribution is -2.11. The number of benzene rings is 1. The van der Waals surface area contributed by atoms with Crippen LogP contribution < -0.4 is 0 Å². The molecular weight excluding hydrogens is 212 g/mol. The normalized spacial score (nSPS) is 11.8. The predicted molar refractivity (Wildman–Crippen MR) is 69.3 cm³/mol. The van der Waals surface area contributed by atoms with Crippen molar-refractivity contribution >= 4 is 12.0 Å². The number of carboxylic acids is 1. The third-order valence-electron chi connectivity index (χ3n) is 2.40. The van der Waals surface area contributed by atoms with E-state index in [-0.39, 0.29) is 0 Å². The monoisotopic (exact) mass is 228 g/mol. The average Bonchev–Trinajstić information content (AvgIpc) is 2.34. The minimum Gasteiger partial charge on any atom is -0.481 e. The third-order valence-corrected chi connectivity index (χ3v) is 2.40. The van der Waals surface area contributed by atoms with Crippen LogP contribution in [-0.4, -0.2) is 11.1 Å². The highest BCUT2D eigenvalue weighted by Gasteiger charge is 2.13. The van der Waals surface area contributed by atoms with Crippen LogP contribution in [0.15, 0.2) is 36.4 Å². The Bertz CT molecular complexity index is 435. The lowest BCUT2D eigenvalue weighted by Gasteiger charge is -2.04. The Labute approximate surface area is 102 Å². The third kappa shape index (κ3) is 5.03. The van der Waals surface area contributed by atoms with Crippen LogP contribution in [0, 0.1) is 17.8 Å². The standard InChI is InChI=1S/C15H16O2/c1-2-3-11-14(15(16)17)12-7-10-13-8-5-4-6-9-13/h4-10,14H,11-12H2,1H3,(H,16,17)/b10-7+/t14-/m0/s1. The summed E-state index contributed by atoms with van der Waals surface area (Å²) in [4.78, 5) is 10.9. The van der Waals surface area contributed by atoms with Crippen molar-refractivity contribution in [2.24, 2.45) is 5.92 Å². The molecule has 0 heterocycles. The Balaban J connectivity index is 2.54. The summed E-state index contributed by atoms with van der Waals surface area (Å²) in [5, 5.41) is 9.00. The molecule has 0 radical (unpaired) electrons. The molecule has 1 aromatic rings. The van der Waals surface area contributed by atoms with Crippen molar-refractivity contribution in [2.45, 2.75) is 19.8 Å². The maximum absolute atomic E-state index is 10.9. The molecule has 1 N–H and O–H groups in total. The minimum atomic E-state index is -0.787. The summed E-state index contributed by atoms with van der Waals surface area (Å²) >= 11 is 0. The van der Waals surface area contributed by atoms with E-state index < -0.39 is 11.9 Å². The molecule has 0 spiro atoms. The van der Waals surface area contributed by atoms with Gasteiger partial charge in [-0.3, -0.25) is 4.79 Å². The second-order valence-electron chi connectivity index (χ2n) is 3.71. The van der Waals surface area contributed by atoms with E-state index >= 15 is 0 Å². The topological polar surface area (TPSA) is 37.3 Å². The van der Waals surface area contributed by atoms with Crippen molar-refractivity contribution < 1.29 is 9.90 Å².